The maximum atomic E-state index is 14.3. The number of nitrogens with zero attached hydrogens (tertiary/aromatic N) is 3. The number of fused-ring (bicyclic) bond motifs is 1. The quantitative estimate of drug-likeness (QED) is 0.327. The molecule has 4 rings (SSSR count). The summed E-state index contributed by atoms with van der Waals surface area (Å²) in [6.07, 6.45) is 1.28. The number of thiophene rings is 1. The van der Waals surface area contributed by atoms with Gasteiger partial charge < -0.3 is 24.0 Å². The Hall–Kier alpha value is -3.02. The Balaban J connectivity index is 1.69. The molecule has 4 atom stereocenters. The average molecular weight is 713 g/mol. The summed E-state index contributed by atoms with van der Waals surface area (Å²) in [6, 6.07) is 7.10. The van der Waals surface area contributed by atoms with Crippen LogP contribution in [0, 0.1) is 19.8 Å². The van der Waals surface area contributed by atoms with Crippen LogP contribution in [0.4, 0.5) is 5.69 Å². The van der Waals surface area contributed by atoms with Gasteiger partial charge in [0, 0.05) is 38.3 Å². The summed E-state index contributed by atoms with van der Waals surface area (Å²) in [7, 11) is -6.34. The van der Waals surface area contributed by atoms with Crippen molar-refractivity contribution < 1.29 is 40.7 Å². The zero-order valence-electron chi connectivity index (χ0n) is 27.5. The number of aromatic nitrogens is 1. The maximum absolute atomic E-state index is 14.3. The van der Waals surface area contributed by atoms with Crippen molar-refractivity contribution in [3.63, 3.8) is 0 Å². The second kappa shape index (κ2) is 15.5. The Morgan fingerprint density at radius 2 is 1.91 bits per heavy atom. The van der Waals surface area contributed by atoms with E-state index >= 15 is 0 Å². The Labute approximate surface area is 280 Å². The summed E-state index contributed by atoms with van der Waals surface area (Å²) in [5.74, 6) is -0.447. The predicted octanol–water partition coefficient (Wildman–Crippen LogP) is 4.27. The first-order chi connectivity index (χ1) is 22.1. The molecule has 3 heterocycles. The minimum Gasteiger partial charge on any atom is -0.490 e. The molecule has 1 amide bonds. The molecule has 2 N–H and O–H groups in total. The summed E-state index contributed by atoms with van der Waals surface area (Å²) in [6.45, 7) is 8.70. The third-order valence-electron chi connectivity index (χ3n) is 8.14. The lowest BCUT2D eigenvalue weighted by atomic mass is 10.0. The van der Waals surface area contributed by atoms with E-state index in [9.17, 15) is 26.7 Å². The van der Waals surface area contributed by atoms with Crippen molar-refractivity contribution in [2.75, 3.05) is 38.1 Å². The number of nitrogens with one attached hydrogen (secondary N) is 1. The van der Waals surface area contributed by atoms with Crippen molar-refractivity contribution in [2.24, 2.45) is 5.92 Å². The Morgan fingerprint density at radius 3 is 2.55 bits per heavy atom. The maximum Gasteiger partial charge on any atom is 0.267 e. The molecule has 2 aromatic heterocycles. The van der Waals surface area contributed by atoms with Crippen LogP contribution in [0.25, 0.3) is 0 Å². The van der Waals surface area contributed by atoms with Crippen molar-refractivity contribution >= 4 is 43.0 Å². The van der Waals surface area contributed by atoms with Gasteiger partial charge in [-0.25, -0.2) is 16.8 Å². The van der Waals surface area contributed by atoms with Gasteiger partial charge in [-0.3, -0.25) is 9.52 Å². The van der Waals surface area contributed by atoms with Crippen LogP contribution in [-0.4, -0.2) is 93.8 Å². The van der Waals surface area contributed by atoms with Crippen LogP contribution in [0.15, 0.2) is 49.3 Å². The van der Waals surface area contributed by atoms with Crippen LogP contribution >= 0.6 is 11.3 Å². The molecule has 0 saturated carbocycles. The van der Waals surface area contributed by atoms with Crippen molar-refractivity contribution in [2.45, 2.75) is 81.2 Å². The highest BCUT2D eigenvalue weighted by Crippen LogP contribution is 2.31. The fourth-order valence-electron chi connectivity index (χ4n) is 5.43. The van der Waals surface area contributed by atoms with Crippen molar-refractivity contribution in [3.8, 4) is 5.75 Å². The number of amides is 1. The first-order valence-electron chi connectivity index (χ1n) is 15.4. The van der Waals surface area contributed by atoms with E-state index < -0.39 is 38.1 Å². The van der Waals surface area contributed by atoms with Crippen LogP contribution in [-0.2, 0) is 24.8 Å². The molecule has 47 heavy (non-hydrogen) atoms. The lowest BCUT2D eigenvalue weighted by Crippen LogP contribution is -2.48. The monoisotopic (exact) mass is 712 g/mol. The Bertz CT molecular complexity index is 1710. The molecule has 1 aliphatic rings. The molecule has 13 nitrogen and oxygen atoms in total. The minimum atomic E-state index is -4.11. The van der Waals surface area contributed by atoms with E-state index in [0.717, 1.165) is 17.8 Å². The van der Waals surface area contributed by atoms with Crippen molar-refractivity contribution in [3.05, 3.63) is 52.7 Å². The third-order valence-corrected chi connectivity index (χ3v) is 13.0. The number of aliphatic hydroxyl groups excluding tert-OH is 1. The molecule has 260 valence electrons. The normalized spacial score (nSPS) is 21.1. The second-order valence-electron chi connectivity index (χ2n) is 12.0. The summed E-state index contributed by atoms with van der Waals surface area (Å²) in [4.78, 5) is 15.7. The number of sulfonamides is 2. The Kier molecular flexibility index (Phi) is 12.1. The SMILES string of the molecule is Cc1noc(C)c1S(=O)(=O)Nc1ccc2c(c1)C(=O)N([C@H](C)CO)C[C@@H](C)[C@@H](CN(C)S(=O)(=O)c1cccs1)OCCCC[C@H](C)O2. The van der Waals surface area contributed by atoms with Gasteiger partial charge in [0.2, 0.25) is 0 Å². The fourth-order valence-corrected chi connectivity index (χ4v) is 9.19. The van der Waals surface area contributed by atoms with Crippen LogP contribution in [0.3, 0.4) is 0 Å². The molecule has 0 saturated heterocycles. The van der Waals surface area contributed by atoms with Gasteiger partial charge in [-0.05, 0) is 76.6 Å². The second-order valence-corrected chi connectivity index (χ2v) is 16.8. The zero-order valence-corrected chi connectivity index (χ0v) is 30.0. The topological polar surface area (TPSA) is 169 Å². The van der Waals surface area contributed by atoms with Gasteiger partial charge in [0.1, 0.15) is 15.7 Å². The van der Waals surface area contributed by atoms with E-state index in [1.807, 2.05) is 13.8 Å². The third kappa shape index (κ3) is 8.72. The fraction of sp³-hybridized carbons (Fsp3) is 0.548. The molecule has 0 bridgehead atoms. The number of ether oxygens (including phenoxy) is 2. The number of hydrogen-bond acceptors (Lipinski definition) is 11. The highest BCUT2D eigenvalue weighted by molar-refractivity contribution is 7.92. The molecule has 16 heteroatoms. The minimum absolute atomic E-state index is 0.0562. The van der Waals surface area contributed by atoms with Gasteiger partial charge in [-0.2, -0.15) is 4.31 Å². The summed E-state index contributed by atoms with van der Waals surface area (Å²) in [5, 5.41) is 15.6. The van der Waals surface area contributed by atoms with E-state index in [1.165, 1.54) is 42.2 Å². The van der Waals surface area contributed by atoms with Crippen molar-refractivity contribution in [1.82, 2.24) is 14.4 Å². The standard InChI is InChI=1S/C31H44N4O9S3/c1-20-17-35(21(2)19-36)31(37)26-16-25(33-46(38,39)30-23(4)32-44-24(30)5)12-13-27(26)43-22(3)10-7-8-14-42-28(20)18-34(6)47(40,41)29-11-9-15-45-29/h9,11-13,15-16,20-22,28,33,36H,7-8,10,14,17-19H2,1-6H3/t20-,21-,22+,28-/m1/s1. The van der Waals surface area contributed by atoms with E-state index in [4.69, 9.17) is 14.0 Å². The van der Waals surface area contributed by atoms with Crippen LogP contribution in [0.1, 0.15) is 61.8 Å². The van der Waals surface area contributed by atoms with E-state index in [1.54, 1.807) is 30.5 Å². The highest BCUT2D eigenvalue weighted by Gasteiger charge is 2.33. The molecule has 1 aromatic carbocycles. The van der Waals surface area contributed by atoms with Crippen LogP contribution < -0.4 is 9.46 Å². The van der Waals surface area contributed by atoms with Gasteiger partial charge >= 0.3 is 0 Å². The first-order valence-corrected chi connectivity index (χ1v) is 19.3. The van der Waals surface area contributed by atoms with Crippen LogP contribution in [0.5, 0.6) is 5.75 Å². The van der Waals surface area contributed by atoms with E-state index in [-0.39, 0.29) is 69.3 Å². The molecular formula is C31H44N4O9S3. The lowest BCUT2D eigenvalue weighted by Gasteiger charge is -2.35. The summed E-state index contributed by atoms with van der Waals surface area (Å²) < 4.78 is 74.6. The van der Waals surface area contributed by atoms with Crippen LogP contribution in [0.2, 0.25) is 0 Å². The molecular weight excluding hydrogens is 669 g/mol. The molecule has 0 unspecified atom stereocenters. The van der Waals surface area contributed by atoms with E-state index in [0.29, 0.717) is 19.4 Å². The molecule has 0 aliphatic carbocycles. The van der Waals surface area contributed by atoms with Gasteiger partial charge in [-0.15, -0.1) is 11.3 Å². The molecule has 1 aliphatic heterocycles. The first kappa shape index (κ1) is 36.8. The number of likely N-dealkylation sites (N-methyl/N-ethyl adjacent to an activating group) is 1. The number of carbonyl (C=O) groups is 1. The number of hydrogen-bond donors (Lipinski definition) is 2. The van der Waals surface area contributed by atoms with Gasteiger partial charge in [-0.1, -0.05) is 18.1 Å². The molecule has 0 spiro atoms. The smallest absolute Gasteiger partial charge is 0.267 e. The van der Waals surface area contributed by atoms with Gasteiger partial charge in [0.15, 0.2) is 10.7 Å². The van der Waals surface area contributed by atoms with Gasteiger partial charge in [0.25, 0.3) is 26.0 Å². The van der Waals surface area contributed by atoms with Gasteiger partial charge in [0.05, 0.1) is 30.4 Å². The molecule has 3 aromatic rings. The predicted molar refractivity (Wildman–Crippen MR) is 178 cm³/mol. The number of aryl methyl sites for hydroxylation is 2. The lowest BCUT2D eigenvalue weighted by molar-refractivity contribution is -0.00832. The largest absolute Gasteiger partial charge is 0.490 e. The van der Waals surface area contributed by atoms with Crippen molar-refractivity contribution in [1.29, 1.82) is 0 Å². The number of carbonyl (C=O) groups excluding carboxylic acids is 1. The average Bonchev–Trinajstić information content (AvgIpc) is 3.69. The number of anilines is 1. The Morgan fingerprint density at radius 1 is 1.17 bits per heavy atom. The highest BCUT2D eigenvalue weighted by atomic mass is 32.2. The number of rotatable bonds is 9. The molecule has 0 radical (unpaired) electrons. The number of aliphatic hydroxyl groups is 1. The summed E-state index contributed by atoms with van der Waals surface area (Å²) in [5.41, 5.74) is 0.431. The number of benzene rings is 1. The molecule has 0 fully saturated rings. The van der Waals surface area contributed by atoms with E-state index in [2.05, 4.69) is 9.88 Å². The zero-order chi connectivity index (χ0) is 34.5. The summed E-state index contributed by atoms with van der Waals surface area (Å²) >= 11 is 1.14.